The molecule has 4 atom stereocenters. The second-order valence-corrected chi connectivity index (χ2v) is 8.88. The van der Waals surface area contributed by atoms with Gasteiger partial charge in [-0.25, -0.2) is 8.42 Å². The van der Waals surface area contributed by atoms with Gasteiger partial charge in [0.05, 0.1) is 17.0 Å². The van der Waals surface area contributed by atoms with Crippen LogP contribution in [0, 0.1) is 5.92 Å². The number of carbonyl (C=O) groups excluding carboxylic acids is 1. The highest BCUT2D eigenvalue weighted by molar-refractivity contribution is 7.92. The standard InChI is InChI=1S/C14H24N2O3S/c17-14(15-9-11-5-3-7-20(11,18)19)13-8-10-4-1-2-6-12(10)16-13/h10-13,16H,1-9H2,(H,15,17)/t10-,11-,12+,13-/m0/s1. The van der Waals surface area contributed by atoms with Crippen molar-refractivity contribution in [1.82, 2.24) is 10.6 Å². The van der Waals surface area contributed by atoms with Gasteiger partial charge in [-0.3, -0.25) is 4.79 Å². The third-order valence-electron chi connectivity index (χ3n) is 5.15. The lowest BCUT2D eigenvalue weighted by atomic mass is 9.85. The van der Waals surface area contributed by atoms with Gasteiger partial charge in [0.1, 0.15) is 0 Å². The zero-order valence-electron chi connectivity index (χ0n) is 11.8. The zero-order chi connectivity index (χ0) is 14.2. The molecule has 0 radical (unpaired) electrons. The molecule has 0 aromatic carbocycles. The molecule has 1 aliphatic carbocycles. The Hall–Kier alpha value is -0.620. The molecule has 0 unspecified atom stereocenters. The van der Waals surface area contributed by atoms with E-state index in [2.05, 4.69) is 10.6 Å². The fourth-order valence-electron chi connectivity index (χ4n) is 3.95. The van der Waals surface area contributed by atoms with Crippen LogP contribution in [0.2, 0.25) is 0 Å². The lowest BCUT2D eigenvalue weighted by Crippen LogP contribution is -2.45. The number of nitrogens with one attached hydrogen (secondary N) is 2. The Kier molecular flexibility index (Phi) is 4.04. The molecular weight excluding hydrogens is 276 g/mol. The van der Waals surface area contributed by atoms with Gasteiger partial charge in [0, 0.05) is 12.6 Å². The first kappa shape index (κ1) is 14.3. The Morgan fingerprint density at radius 1 is 1.15 bits per heavy atom. The van der Waals surface area contributed by atoms with Crippen LogP contribution in [0.25, 0.3) is 0 Å². The highest BCUT2D eigenvalue weighted by Gasteiger charge is 2.39. The number of amides is 1. The topological polar surface area (TPSA) is 75.3 Å². The van der Waals surface area contributed by atoms with E-state index < -0.39 is 9.84 Å². The summed E-state index contributed by atoms with van der Waals surface area (Å²) >= 11 is 0. The second kappa shape index (κ2) is 5.64. The molecule has 3 fully saturated rings. The first-order chi connectivity index (χ1) is 9.56. The van der Waals surface area contributed by atoms with Crippen LogP contribution in [0.1, 0.15) is 44.9 Å². The first-order valence-electron chi connectivity index (χ1n) is 7.81. The Labute approximate surface area is 120 Å². The molecule has 3 rings (SSSR count). The van der Waals surface area contributed by atoms with Crippen LogP contribution < -0.4 is 10.6 Å². The molecule has 2 N–H and O–H groups in total. The monoisotopic (exact) mass is 300 g/mol. The summed E-state index contributed by atoms with van der Waals surface area (Å²) in [7, 11) is -2.96. The fourth-order valence-corrected chi connectivity index (χ4v) is 5.71. The Bertz CT molecular complexity index is 463. The van der Waals surface area contributed by atoms with Crippen LogP contribution in [0.3, 0.4) is 0 Å². The fraction of sp³-hybridized carbons (Fsp3) is 0.929. The van der Waals surface area contributed by atoms with Crippen LogP contribution in [0.15, 0.2) is 0 Å². The van der Waals surface area contributed by atoms with E-state index in [1.807, 2.05) is 0 Å². The van der Waals surface area contributed by atoms with Gasteiger partial charge in [0.15, 0.2) is 9.84 Å². The molecule has 5 nitrogen and oxygen atoms in total. The van der Waals surface area contributed by atoms with Crippen LogP contribution in [0.5, 0.6) is 0 Å². The highest BCUT2D eigenvalue weighted by Crippen LogP contribution is 2.33. The predicted octanol–water partition coefficient (Wildman–Crippen LogP) is 0.600. The number of carbonyl (C=O) groups is 1. The summed E-state index contributed by atoms with van der Waals surface area (Å²) in [6, 6.07) is 0.377. The zero-order valence-corrected chi connectivity index (χ0v) is 12.6. The molecule has 0 bridgehead atoms. The van der Waals surface area contributed by atoms with Crippen molar-refractivity contribution in [3.8, 4) is 0 Å². The van der Waals surface area contributed by atoms with Crippen molar-refractivity contribution in [3.63, 3.8) is 0 Å². The van der Waals surface area contributed by atoms with Gasteiger partial charge < -0.3 is 10.6 Å². The van der Waals surface area contributed by atoms with Gasteiger partial charge in [-0.1, -0.05) is 12.8 Å². The Balaban J connectivity index is 1.50. The largest absolute Gasteiger partial charge is 0.353 e. The van der Waals surface area contributed by atoms with Crippen LogP contribution in [-0.2, 0) is 14.6 Å². The normalized spacial score (nSPS) is 39.4. The molecule has 114 valence electrons. The molecule has 0 spiro atoms. The Morgan fingerprint density at radius 3 is 2.65 bits per heavy atom. The van der Waals surface area contributed by atoms with Crippen LogP contribution in [0.4, 0.5) is 0 Å². The SMILES string of the molecule is O=C(NC[C@@H]1CCCS1(=O)=O)[C@@H]1C[C@@H]2CCCC[C@H]2N1. The molecule has 0 aromatic rings. The van der Waals surface area contributed by atoms with Gasteiger partial charge in [0.2, 0.25) is 5.91 Å². The Morgan fingerprint density at radius 2 is 1.95 bits per heavy atom. The van der Waals surface area contributed by atoms with Crippen molar-refractivity contribution in [3.05, 3.63) is 0 Å². The van der Waals surface area contributed by atoms with Crippen molar-refractivity contribution in [2.75, 3.05) is 12.3 Å². The summed E-state index contributed by atoms with van der Waals surface area (Å²) in [6.45, 7) is 0.286. The van der Waals surface area contributed by atoms with E-state index in [4.69, 9.17) is 0 Å². The number of rotatable bonds is 3. The summed E-state index contributed by atoms with van der Waals surface area (Å²) in [4.78, 5) is 12.2. The summed E-state index contributed by atoms with van der Waals surface area (Å²) in [5.74, 6) is 0.899. The third-order valence-corrected chi connectivity index (χ3v) is 7.42. The summed E-state index contributed by atoms with van der Waals surface area (Å²) in [5, 5.41) is 5.91. The minimum absolute atomic E-state index is 0.0125. The van der Waals surface area contributed by atoms with Gasteiger partial charge in [0.25, 0.3) is 0 Å². The molecule has 1 amide bonds. The molecule has 2 heterocycles. The molecule has 6 heteroatoms. The van der Waals surface area contributed by atoms with E-state index in [0.717, 1.165) is 12.8 Å². The van der Waals surface area contributed by atoms with Crippen molar-refractivity contribution in [2.45, 2.75) is 62.3 Å². The van der Waals surface area contributed by atoms with E-state index >= 15 is 0 Å². The van der Waals surface area contributed by atoms with Crippen molar-refractivity contribution >= 4 is 15.7 Å². The van der Waals surface area contributed by atoms with E-state index in [1.54, 1.807) is 0 Å². The lowest BCUT2D eigenvalue weighted by molar-refractivity contribution is -0.122. The van der Waals surface area contributed by atoms with Crippen LogP contribution >= 0.6 is 0 Å². The van der Waals surface area contributed by atoms with Gasteiger partial charge >= 0.3 is 0 Å². The van der Waals surface area contributed by atoms with E-state index in [9.17, 15) is 13.2 Å². The predicted molar refractivity (Wildman–Crippen MR) is 77.1 cm³/mol. The molecule has 20 heavy (non-hydrogen) atoms. The maximum absolute atomic E-state index is 12.2. The summed E-state index contributed by atoms with van der Waals surface area (Å²) in [5.41, 5.74) is 0. The lowest BCUT2D eigenvalue weighted by Gasteiger charge is -2.24. The first-order valence-corrected chi connectivity index (χ1v) is 9.53. The van der Waals surface area contributed by atoms with Gasteiger partial charge in [-0.15, -0.1) is 0 Å². The van der Waals surface area contributed by atoms with Crippen molar-refractivity contribution in [1.29, 1.82) is 0 Å². The van der Waals surface area contributed by atoms with Crippen molar-refractivity contribution in [2.24, 2.45) is 5.92 Å². The average Bonchev–Trinajstić information content (AvgIpc) is 2.98. The molecule has 0 aromatic heterocycles. The van der Waals surface area contributed by atoms with E-state index in [-0.39, 0.29) is 29.5 Å². The van der Waals surface area contributed by atoms with Gasteiger partial charge in [-0.05, 0) is 38.0 Å². The molecular formula is C14H24N2O3S. The van der Waals surface area contributed by atoms with Crippen molar-refractivity contribution < 1.29 is 13.2 Å². The average molecular weight is 300 g/mol. The number of fused-ring (bicyclic) bond motifs is 1. The quantitative estimate of drug-likeness (QED) is 0.800. The molecule has 3 aliphatic rings. The molecule has 1 saturated carbocycles. The third kappa shape index (κ3) is 2.86. The molecule has 2 saturated heterocycles. The number of sulfone groups is 1. The maximum Gasteiger partial charge on any atom is 0.237 e. The maximum atomic E-state index is 12.2. The summed E-state index contributed by atoms with van der Waals surface area (Å²) < 4.78 is 23.5. The highest BCUT2D eigenvalue weighted by atomic mass is 32.2. The molecule has 2 aliphatic heterocycles. The van der Waals surface area contributed by atoms with E-state index in [1.165, 1.54) is 25.7 Å². The minimum atomic E-state index is -2.96. The number of hydrogen-bond donors (Lipinski definition) is 2. The second-order valence-electron chi connectivity index (χ2n) is 6.48. The van der Waals surface area contributed by atoms with Gasteiger partial charge in [-0.2, -0.15) is 0 Å². The summed E-state index contributed by atoms with van der Waals surface area (Å²) in [6.07, 6.45) is 7.25. The smallest absolute Gasteiger partial charge is 0.237 e. The van der Waals surface area contributed by atoms with E-state index in [0.29, 0.717) is 18.4 Å². The minimum Gasteiger partial charge on any atom is -0.353 e. The number of hydrogen-bond acceptors (Lipinski definition) is 4. The van der Waals surface area contributed by atoms with Crippen LogP contribution in [-0.4, -0.2) is 44.0 Å².